The fourth-order valence-corrected chi connectivity index (χ4v) is 6.51. The molecule has 0 saturated heterocycles. The van der Waals surface area contributed by atoms with Crippen LogP contribution in [0.15, 0.2) is 54.6 Å². The smallest absolute Gasteiger partial charge is 0.330 e. The van der Waals surface area contributed by atoms with E-state index in [2.05, 4.69) is 32.2 Å². The van der Waals surface area contributed by atoms with Gasteiger partial charge in [0.15, 0.2) is 6.04 Å². The number of carboxylic acids is 1. The molecule has 2 aromatic carbocycles. The number of nitrogens with zero attached hydrogens (tertiary/aromatic N) is 1. The maximum atomic E-state index is 13.3. The van der Waals surface area contributed by atoms with Crippen LogP contribution in [0.25, 0.3) is 10.8 Å². The Morgan fingerprint density at radius 1 is 0.975 bits per heavy atom. The number of ether oxygens (including phenoxy) is 1. The molecule has 0 spiro atoms. The third-order valence-corrected chi connectivity index (χ3v) is 8.93. The van der Waals surface area contributed by atoms with E-state index in [0.717, 1.165) is 47.4 Å². The molecule has 40 heavy (non-hydrogen) atoms. The summed E-state index contributed by atoms with van der Waals surface area (Å²) < 4.78 is 6.48. The van der Waals surface area contributed by atoms with E-state index in [1.807, 2.05) is 18.2 Å². The molecule has 1 heterocycles. The number of nitrogens with one attached hydrogen (secondary N) is 1. The molecule has 1 aromatic heterocycles. The molecule has 2 N–H and O–H groups in total. The number of hydrogen-bond donors (Lipinski definition) is 2. The van der Waals surface area contributed by atoms with Crippen molar-refractivity contribution in [3.8, 4) is 5.75 Å². The Hall–Kier alpha value is -3.41. The van der Waals surface area contributed by atoms with Gasteiger partial charge in [-0.2, -0.15) is 0 Å². The van der Waals surface area contributed by atoms with E-state index in [1.54, 1.807) is 30.3 Å². The first kappa shape index (κ1) is 28.1. The zero-order valence-electron chi connectivity index (χ0n) is 24.0. The SMILES string of the molecule is CC(C)(C)[C@H]1CC[C@H](Oc2ccc3cc(C(=O)N[C@@H](C(=O)O)c4ccccc4)nc(CC4CCCC4)c3c2)CC1. The molecule has 2 saturated carbocycles. The minimum atomic E-state index is -1.14. The molecule has 0 radical (unpaired) electrons. The average Bonchev–Trinajstić information content (AvgIpc) is 3.45. The quantitative estimate of drug-likeness (QED) is 0.308. The van der Waals surface area contributed by atoms with Crippen molar-refractivity contribution in [2.75, 3.05) is 0 Å². The average molecular weight is 543 g/mol. The van der Waals surface area contributed by atoms with Gasteiger partial charge >= 0.3 is 5.97 Å². The van der Waals surface area contributed by atoms with Crippen molar-refractivity contribution >= 4 is 22.6 Å². The lowest BCUT2D eigenvalue weighted by atomic mass is 9.72. The van der Waals surface area contributed by atoms with E-state index in [-0.39, 0.29) is 11.8 Å². The summed E-state index contributed by atoms with van der Waals surface area (Å²) >= 11 is 0. The van der Waals surface area contributed by atoms with Crippen molar-refractivity contribution in [1.82, 2.24) is 10.3 Å². The number of aliphatic carboxylic acids is 1. The molecule has 1 amide bonds. The van der Waals surface area contributed by atoms with Crippen LogP contribution in [0.5, 0.6) is 5.75 Å². The molecule has 2 aliphatic carbocycles. The molecule has 2 fully saturated rings. The molecule has 5 rings (SSSR count). The zero-order valence-corrected chi connectivity index (χ0v) is 24.0. The van der Waals surface area contributed by atoms with E-state index in [9.17, 15) is 14.7 Å². The van der Waals surface area contributed by atoms with Crippen molar-refractivity contribution in [3.63, 3.8) is 0 Å². The Bertz CT molecular complexity index is 1330. The standard InChI is InChI=1S/C34H42N2O4/c1-34(2,3)25-14-17-26(18-15-25)40-27-16-13-24-20-30(35-29(28(24)21-27)19-22-9-7-8-10-22)32(37)36-31(33(38)39)23-11-5-4-6-12-23/h4-6,11-13,16,20-22,25-26,31H,7-10,14-15,17-19H2,1-3H3,(H,36,37)(H,38,39)/t25-,26-,31-/m1/s1. The summed E-state index contributed by atoms with van der Waals surface area (Å²) in [6.07, 6.45) is 10.3. The normalized spacial score (nSPS) is 20.8. The fraction of sp³-hybridized carbons (Fsp3) is 0.500. The van der Waals surface area contributed by atoms with Gasteiger partial charge in [0, 0.05) is 11.1 Å². The Balaban J connectivity index is 1.39. The van der Waals surface area contributed by atoms with Gasteiger partial charge in [-0.3, -0.25) is 4.79 Å². The Morgan fingerprint density at radius 3 is 2.33 bits per heavy atom. The lowest BCUT2D eigenvalue weighted by Crippen LogP contribution is -2.34. The first-order valence-corrected chi connectivity index (χ1v) is 14.9. The summed E-state index contributed by atoms with van der Waals surface area (Å²) in [5.74, 6) is 0.542. The van der Waals surface area contributed by atoms with Crippen molar-refractivity contribution in [1.29, 1.82) is 0 Å². The van der Waals surface area contributed by atoms with Crippen LogP contribution in [0.2, 0.25) is 0 Å². The van der Waals surface area contributed by atoms with Gasteiger partial charge in [-0.15, -0.1) is 0 Å². The third kappa shape index (κ3) is 6.65. The molecule has 2 aliphatic rings. The molecule has 0 bridgehead atoms. The van der Waals surface area contributed by atoms with Gasteiger partial charge in [-0.05, 0) is 78.5 Å². The van der Waals surface area contributed by atoms with Gasteiger partial charge in [0.25, 0.3) is 5.91 Å². The highest BCUT2D eigenvalue weighted by atomic mass is 16.5. The number of benzene rings is 2. The number of carboxylic acid groups (broad SMARTS) is 1. The van der Waals surface area contributed by atoms with E-state index in [4.69, 9.17) is 9.72 Å². The van der Waals surface area contributed by atoms with Crippen LogP contribution in [0.4, 0.5) is 0 Å². The zero-order chi connectivity index (χ0) is 28.3. The number of hydrogen-bond acceptors (Lipinski definition) is 4. The number of fused-ring (bicyclic) bond motifs is 1. The number of amides is 1. The van der Waals surface area contributed by atoms with Crippen molar-refractivity contribution < 1.29 is 19.4 Å². The van der Waals surface area contributed by atoms with Gasteiger partial charge in [0.1, 0.15) is 11.4 Å². The second-order valence-electron chi connectivity index (χ2n) is 12.8. The van der Waals surface area contributed by atoms with Crippen molar-refractivity contribution in [2.45, 2.75) is 90.7 Å². The predicted octanol–water partition coefficient (Wildman–Crippen LogP) is 7.51. The molecule has 212 valence electrons. The number of carbonyl (C=O) groups excluding carboxylic acids is 1. The summed E-state index contributed by atoms with van der Waals surface area (Å²) in [4.78, 5) is 30.2. The molecule has 0 aliphatic heterocycles. The Morgan fingerprint density at radius 2 is 1.68 bits per heavy atom. The second-order valence-corrected chi connectivity index (χ2v) is 12.8. The number of rotatable bonds is 8. The molecule has 6 nitrogen and oxygen atoms in total. The summed E-state index contributed by atoms with van der Waals surface area (Å²) in [6, 6.07) is 15.5. The van der Waals surface area contributed by atoms with Crippen LogP contribution < -0.4 is 10.1 Å². The number of carbonyl (C=O) groups is 2. The maximum Gasteiger partial charge on any atom is 0.330 e. The van der Waals surface area contributed by atoms with E-state index in [0.29, 0.717) is 16.9 Å². The Labute approximate surface area is 237 Å². The molecular formula is C34H42N2O4. The van der Waals surface area contributed by atoms with Crippen LogP contribution in [-0.2, 0) is 11.2 Å². The van der Waals surface area contributed by atoms with Crippen LogP contribution in [0.3, 0.4) is 0 Å². The van der Waals surface area contributed by atoms with Crippen LogP contribution >= 0.6 is 0 Å². The van der Waals surface area contributed by atoms with Crippen LogP contribution in [0, 0.1) is 17.3 Å². The molecular weight excluding hydrogens is 500 g/mol. The van der Waals surface area contributed by atoms with Gasteiger partial charge in [0.05, 0.1) is 6.10 Å². The molecule has 0 unspecified atom stereocenters. The summed E-state index contributed by atoms with van der Waals surface area (Å²) in [5.41, 5.74) is 2.00. The van der Waals surface area contributed by atoms with Gasteiger partial charge < -0.3 is 15.2 Å². The number of aromatic nitrogens is 1. The lowest BCUT2D eigenvalue weighted by molar-refractivity contribution is -0.139. The number of pyridine rings is 1. The van der Waals surface area contributed by atoms with Crippen LogP contribution in [0.1, 0.15) is 99.9 Å². The van der Waals surface area contributed by atoms with E-state index < -0.39 is 17.9 Å². The second kappa shape index (κ2) is 12.0. The summed E-state index contributed by atoms with van der Waals surface area (Å²) in [6.45, 7) is 7.00. The van der Waals surface area contributed by atoms with Gasteiger partial charge in [-0.25, -0.2) is 9.78 Å². The largest absolute Gasteiger partial charge is 0.490 e. The minimum absolute atomic E-state index is 0.221. The first-order chi connectivity index (χ1) is 19.2. The minimum Gasteiger partial charge on any atom is -0.490 e. The summed E-state index contributed by atoms with van der Waals surface area (Å²) in [5, 5.41) is 14.4. The lowest BCUT2D eigenvalue weighted by Gasteiger charge is -2.37. The topological polar surface area (TPSA) is 88.5 Å². The van der Waals surface area contributed by atoms with Crippen molar-refractivity contribution in [2.24, 2.45) is 17.3 Å². The van der Waals surface area contributed by atoms with Crippen molar-refractivity contribution in [3.05, 3.63) is 71.5 Å². The first-order valence-electron chi connectivity index (χ1n) is 14.9. The highest BCUT2D eigenvalue weighted by molar-refractivity contribution is 5.99. The monoisotopic (exact) mass is 542 g/mol. The molecule has 6 heteroatoms. The molecule has 1 atom stereocenters. The predicted molar refractivity (Wildman–Crippen MR) is 158 cm³/mol. The molecule has 3 aromatic rings. The maximum absolute atomic E-state index is 13.3. The summed E-state index contributed by atoms with van der Waals surface area (Å²) in [7, 11) is 0. The van der Waals surface area contributed by atoms with Gasteiger partial charge in [0.2, 0.25) is 0 Å². The highest BCUT2D eigenvalue weighted by Crippen LogP contribution is 2.39. The van der Waals surface area contributed by atoms with E-state index >= 15 is 0 Å². The Kier molecular flexibility index (Phi) is 8.43. The third-order valence-electron chi connectivity index (χ3n) is 8.93. The highest BCUT2D eigenvalue weighted by Gasteiger charge is 2.31. The fourth-order valence-electron chi connectivity index (χ4n) is 6.51. The van der Waals surface area contributed by atoms with Crippen LogP contribution in [-0.4, -0.2) is 28.1 Å². The van der Waals surface area contributed by atoms with Gasteiger partial charge in [-0.1, -0.05) is 82.9 Å². The van der Waals surface area contributed by atoms with E-state index in [1.165, 1.54) is 38.5 Å².